The molecule has 0 aromatic heterocycles. The van der Waals surface area contributed by atoms with Crippen molar-refractivity contribution in [2.75, 3.05) is 16.8 Å². The van der Waals surface area contributed by atoms with E-state index < -0.39 is 5.91 Å². The summed E-state index contributed by atoms with van der Waals surface area (Å²) in [6.07, 6.45) is 1.37. The highest BCUT2D eigenvalue weighted by Crippen LogP contribution is 2.29. The van der Waals surface area contributed by atoms with E-state index in [9.17, 15) is 14.7 Å². The number of rotatable bonds is 5. The second-order valence-electron chi connectivity index (χ2n) is 6.72. The first-order valence-electron chi connectivity index (χ1n) is 9.38. The molecule has 154 valence electrons. The van der Waals surface area contributed by atoms with Gasteiger partial charge in [-0.3, -0.25) is 14.5 Å². The summed E-state index contributed by atoms with van der Waals surface area (Å²) in [5.41, 5.74) is 2.43. The first-order chi connectivity index (χ1) is 15.0. The van der Waals surface area contributed by atoms with Gasteiger partial charge >= 0.3 is 0 Å². The van der Waals surface area contributed by atoms with Crippen LogP contribution < -0.4 is 10.2 Å². The van der Waals surface area contributed by atoms with Crippen molar-refractivity contribution in [3.63, 3.8) is 0 Å². The fourth-order valence-electron chi connectivity index (χ4n) is 3.16. The van der Waals surface area contributed by atoms with Crippen LogP contribution in [0.4, 0.5) is 11.4 Å². The molecule has 4 rings (SSSR count). The zero-order valence-electron chi connectivity index (χ0n) is 16.2. The van der Waals surface area contributed by atoms with Gasteiger partial charge in [-0.1, -0.05) is 52.3 Å². The number of anilines is 2. The third kappa shape index (κ3) is 4.54. The number of nitrogens with zero attached hydrogens (tertiary/aromatic N) is 3. The van der Waals surface area contributed by atoms with Crippen LogP contribution in [0.1, 0.15) is 11.1 Å². The number of benzene rings is 3. The van der Waals surface area contributed by atoms with Gasteiger partial charge in [0.25, 0.3) is 5.91 Å². The van der Waals surface area contributed by atoms with Gasteiger partial charge < -0.3 is 10.4 Å². The fraction of sp³-hybridized carbons (Fsp3) is 0.0435. The molecule has 0 saturated heterocycles. The number of hydrogen-bond donors (Lipinski definition) is 2. The number of carbonyl (C=O) groups is 2. The van der Waals surface area contributed by atoms with Crippen molar-refractivity contribution < 1.29 is 14.7 Å². The van der Waals surface area contributed by atoms with Gasteiger partial charge in [0.1, 0.15) is 12.3 Å². The van der Waals surface area contributed by atoms with E-state index >= 15 is 0 Å². The zero-order chi connectivity index (χ0) is 21.8. The Balaban J connectivity index is 1.57. The largest absolute Gasteiger partial charge is 0.507 e. The third-order valence-electron chi connectivity index (χ3n) is 4.60. The maximum absolute atomic E-state index is 13.0. The Morgan fingerprint density at radius 2 is 1.81 bits per heavy atom. The topological polar surface area (TPSA) is 94.4 Å². The number of carbonyl (C=O) groups excluding carboxylic acids is 2. The van der Waals surface area contributed by atoms with E-state index in [-0.39, 0.29) is 23.9 Å². The Morgan fingerprint density at radius 1 is 1.06 bits per heavy atom. The van der Waals surface area contributed by atoms with Crippen molar-refractivity contribution in [2.24, 2.45) is 10.2 Å². The summed E-state index contributed by atoms with van der Waals surface area (Å²) in [6.45, 7) is -0.153. The lowest BCUT2D eigenvalue weighted by Gasteiger charge is -2.16. The van der Waals surface area contributed by atoms with Crippen molar-refractivity contribution >= 4 is 51.0 Å². The standard InChI is InChI=1S/C23H17BrN4O3/c24-16-10-11-20(29)15(12-16)13-25-27-22-18-8-4-5-9-19(18)28(23(22)31)14-21(30)26-17-6-2-1-3-7-17/h1-13,29H,14H2,(H,26,30)/b25-13+,27-22-. The highest BCUT2D eigenvalue weighted by Gasteiger charge is 2.35. The number of amides is 2. The SMILES string of the molecule is O=C(CN1C(=O)/C(=N\N=C\c2cc(Br)ccc2O)c2ccccc21)Nc1ccccc1. The van der Waals surface area contributed by atoms with Gasteiger partial charge in [0.15, 0.2) is 5.71 Å². The van der Waals surface area contributed by atoms with E-state index in [1.54, 1.807) is 48.5 Å². The summed E-state index contributed by atoms with van der Waals surface area (Å²) in [5, 5.41) is 20.8. The number of fused-ring (bicyclic) bond motifs is 1. The van der Waals surface area contributed by atoms with Gasteiger partial charge in [-0.15, -0.1) is 5.10 Å². The molecule has 2 N–H and O–H groups in total. The average molecular weight is 477 g/mol. The van der Waals surface area contributed by atoms with Crippen LogP contribution in [0.3, 0.4) is 0 Å². The number of phenolic OH excluding ortho intramolecular Hbond substituents is 1. The molecule has 0 unspecified atom stereocenters. The quantitative estimate of drug-likeness (QED) is 0.430. The highest BCUT2D eigenvalue weighted by molar-refractivity contribution is 9.10. The van der Waals surface area contributed by atoms with Gasteiger partial charge in [-0.05, 0) is 36.4 Å². The number of para-hydroxylation sites is 2. The molecule has 1 aliphatic heterocycles. The molecule has 3 aromatic carbocycles. The van der Waals surface area contributed by atoms with E-state index in [2.05, 4.69) is 31.4 Å². The minimum absolute atomic E-state index is 0.0458. The normalized spacial score (nSPS) is 14.3. The molecule has 0 spiro atoms. The van der Waals surface area contributed by atoms with Crippen molar-refractivity contribution in [3.8, 4) is 5.75 Å². The Labute approximate surface area is 186 Å². The maximum Gasteiger partial charge on any atom is 0.279 e. The minimum Gasteiger partial charge on any atom is -0.507 e. The number of halogens is 1. The molecule has 1 heterocycles. The molecule has 3 aromatic rings. The Bertz CT molecular complexity index is 1210. The summed E-state index contributed by atoms with van der Waals surface area (Å²) < 4.78 is 0.775. The third-order valence-corrected chi connectivity index (χ3v) is 5.09. The monoisotopic (exact) mass is 476 g/mol. The van der Waals surface area contributed by atoms with Crippen LogP contribution in [-0.4, -0.2) is 35.4 Å². The molecular formula is C23H17BrN4O3. The van der Waals surface area contributed by atoms with Gasteiger partial charge in [0, 0.05) is 21.3 Å². The summed E-state index contributed by atoms with van der Waals surface area (Å²) in [5.74, 6) is -0.692. The molecule has 31 heavy (non-hydrogen) atoms. The molecule has 0 radical (unpaired) electrons. The van der Waals surface area contributed by atoms with E-state index in [4.69, 9.17) is 0 Å². The van der Waals surface area contributed by atoms with Crippen molar-refractivity contribution in [2.45, 2.75) is 0 Å². The lowest BCUT2D eigenvalue weighted by atomic mass is 10.1. The summed E-state index contributed by atoms with van der Waals surface area (Å²) in [6, 6.07) is 21.1. The van der Waals surface area contributed by atoms with E-state index in [1.165, 1.54) is 17.2 Å². The van der Waals surface area contributed by atoms with Crippen molar-refractivity contribution in [3.05, 3.63) is 88.4 Å². The number of phenols is 1. The van der Waals surface area contributed by atoms with Crippen LogP contribution in [0.15, 0.2) is 87.5 Å². The smallest absolute Gasteiger partial charge is 0.279 e. The van der Waals surface area contributed by atoms with Crippen LogP contribution in [0.5, 0.6) is 5.75 Å². The predicted octanol–water partition coefficient (Wildman–Crippen LogP) is 3.96. The molecule has 7 nitrogen and oxygen atoms in total. The number of hydrogen-bond acceptors (Lipinski definition) is 5. The van der Waals surface area contributed by atoms with Crippen LogP contribution in [-0.2, 0) is 9.59 Å². The second-order valence-corrected chi connectivity index (χ2v) is 7.63. The molecule has 0 fully saturated rings. The molecule has 0 saturated carbocycles. The fourth-order valence-corrected chi connectivity index (χ4v) is 3.54. The predicted molar refractivity (Wildman–Crippen MR) is 124 cm³/mol. The van der Waals surface area contributed by atoms with Gasteiger partial charge in [0.2, 0.25) is 5.91 Å². The number of nitrogens with one attached hydrogen (secondary N) is 1. The lowest BCUT2D eigenvalue weighted by Crippen LogP contribution is -2.37. The summed E-state index contributed by atoms with van der Waals surface area (Å²) >= 11 is 3.33. The van der Waals surface area contributed by atoms with Gasteiger partial charge in [-0.2, -0.15) is 5.10 Å². The zero-order valence-corrected chi connectivity index (χ0v) is 17.8. The van der Waals surface area contributed by atoms with Crippen LogP contribution >= 0.6 is 15.9 Å². The Kier molecular flexibility index (Phi) is 5.90. The maximum atomic E-state index is 13.0. The minimum atomic E-state index is -0.417. The van der Waals surface area contributed by atoms with E-state index in [0.717, 1.165) is 4.47 Å². The Morgan fingerprint density at radius 3 is 2.61 bits per heavy atom. The first-order valence-corrected chi connectivity index (χ1v) is 10.2. The molecule has 0 aliphatic carbocycles. The van der Waals surface area contributed by atoms with Gasteiger partial charge in [0.05, 0.1) is 11.9 Å². The Hall–Kier alpha value is -3.78. The van der Waals surface area contributed by atoms with Crippen LogP contribution in [0, 0.1) is 0 Å². The molecule has 1 aliphatic rings. The van der Waals surface area contributed by atoms with Crippen molar-refractivity contribution in [1.82, 2.24) is 0 Å². The number of aromatic hydroxyl groups is 1. The molecule has 0 bridgehead atoms. The van der Waals surface area contributed by atoms with Gasteiger partial charge in [-0.25, -0.2) is 0 Å². The summed E-state index contributed by atoms with van der Waals surface area (Å²) in [7, 11) is 0. The molecular weight excluding hydrogens is 460 g/mol. The molecule has 0 atom stereocenters. The first kappa shape index (κ1) is 20.5. The molecule has 8 heteroatoms. The van der Waals surface area contributed by atoms with E-state index in [0.29, 0.717) is 22.5 Å². The summed E-state index contributed by atoms with van der Waals surface area (Å²) in [4.78, 5) is 26.9. The highest BCUT2D eigenvalue weighted by atomic mass is 79.9. The lowest BCUT2D eigenvalue weighted by molar-refractivity contribution is -0.118. The van der Waals surface area contributed by atoms with E-state index in [1.807, 2.05) is 18.2 Å². The van der Waals surface area contributed by atoms with Crippen LogP contribution in [0.2, 0.25) is 0 Å². The van der Waals surface area contributed by atoms with Crippen LogP contribution in [0.25, 0.3) is 0 Å². The molecule has 2 amide bonds. The average Bonchev–Trinajstić information content (AvgIpc) is 3.03. The second kappa shape index (κ2) is 8.93. The van der Waals surface area contributed by atoms with Crippen molar-refractivity contribution in [1.29, 1.82) is 0 Å².